The van der Waals surface area contributed by atoms with Crippen molar-refractivity contribution in [1.82, 2.24) is 5.32 Å². The molecule has 0 bridgehead atoms. The van der Waals surface area contributed by atoms with E-state index in [1.54, 1.807) is 0 Å². The van der Waals surface area contributed by atoms with E-state index >= 15 is 0 Å². The third-order valence-electron chi connectivity index (χ3n) is 3.19. The largest absolute Gasteiger partial charge is 0.351 e. The summed E-state index contributed by atoms with van der Waals surface area (Å²) in [4.78, 5) is 12.5. The normalized spacial score (nSPS) is 13.9. The second kappa shape index (κ2) is 6.40. The molecule has 1 unspecified atom stereocenters. The number of carbonyl (C=O) groups excluding carboxylic acids is 1. The first-order valence-corrected chi connectivity index (χ1v) is 7.22. The molecule has 112 valence electrons. The van der Waals surface area contributed by atoms with Crippen LogP contribution in [0, 0.1) is 5.41 Å². The zero-order valence-corrected chi connectivity index (χ0v) is 13.4. The SMILES string of the molecule is CC(C)(C)CC(C)(C)NC(=O)C(CN)c1ccccc1. The van der Waals surface area contributed by atoms with E-state index in [1.807, 2.05) is 30.3 Å². The van der Waals surface area contributed by atoms with Crippen molar-refractivity contribution in [2.75, 3.05) is 6.54 Å². The molecule has 0 saturated carbocycles. The molecule has 3 heteroatoms. The predicted octanol–water partition coefficient (Wildman–Crippen LogP) is 3.06. The molecule has 1 atom stereocenters. The highest BCUT2D eigenvalue weighted by atomic mass is 16.2. The number of amides is 1. The van der Waals surface area contributed by atoms with Crippen LogP contribution in [0.1, 0.15) is 52.5 Å². The molecule has 0 heterocycles. The summed E-state index contributed by atoms with van der Waals surface area (Å²) in [6.45, 7) is 11.0. The monoisotopic (exact) mass is 276 g/mol. The average Bonchev–Trinajstić information content (AvgIpc) is 2.27. The number of hydrogen-bond donors (Lipinski definition) is 2. The summed E-state index contributed by atoms with van der Waals surface area (Å²) >= 11 is 0. The minimum Gasteiger partial charge on any atom is -0.351 e. The van der Waals surface area contributed by atoms with Crippen LogP contribution in [0.2, 0.25) is 0 Å². The van der Waals surface area contributed by atoms with Gasteiger partial charge in [0.2, 0.25) is 5.91 Å². The Balaban J connectivity index is 2.78. The van der Waals surface area contributed by atoms with E-state index in [0.717, 1.165) is 12.0 Å². The van der Waals surface area contributed by atoms with Gasteiger partial charge in [-0.1, -0.05) is 51.1 Å². The highest BCUT2D eigenvalue weighted by molar-refractivity contribution is 5.84. The Bertz CT molecular complexity index is 432. The van der Waals surface area contributed by atoms with Gasteiger partial charge in [-0.25, -0.2) is 0 Å². The van der Waals surface area contributed by atoms with Crippen LogP contribution in [0.4, 0.5) is 0 Å². The van der Waals surface area contributed by atoms with Crippen LogP contribution in [-0.2, 0) is 4.79 Å². The van der Waals surface area contributed by atoms with Gasteiger partial charge in [-0.05, 0) is 31.2 Å². The van der Waals surface area contributed by atoms with Gasteiger partial charge >= 0.3 is 0 Å². The summed E-state index contributed by atoms with van der Waals surface area (Å²) in [6.07, 6.45) is 0.915. The standard InChI is InChI=1S/C17H28N2O/c1-16(2,3)12-17(4,5)19-15(20)14(11-18)13-9-7-6-8-10-13/h6-10,14H,11-12,18H2,1-5H3,(H,19,20). The first-order chi connectivity index (χ1) is 9.14. The Labute approximate surface area is 122 Å². The van der Waals surface area contributed by atoms with Crippen LogP contribution < -0.4 is 11.1 Å². The highest BCUT2D eigenvalue weighted by Gasteiger charge is 2.29. The molecule has 1 rings (SSSR count). The van der Waals surface area contributed by atoms with Crippen molar-refractivity contribution in [3.05, 3.63) is 35.9 Å². The molecule has 0 aliphatic rings. The van der Waals surface area contributed by atoms with Gasteiger partial charge in [0.25, 0.3) is 0 Å². The molecule has 20 heavy (non-hydrogen) atoms. The molecule has 3 nitrogen and oxygen atoms in total. The number of nitrogens with one attached hydrogen (secondary N) is 1. The van der Waals surface area contributed by atoms with Gasteiger partial charge in [0.15, 0.2) is 0 Å². The Morgan fingerprint density at radius 1 is 1.15 bits per heavy atom. The minimum atomic E-state index is -0.282. The van der Waals surface area contributed by atoms with E-state index in [0.29, 0.717) is 6.54 Å². The van der Waals surface area contributed by atoms with Crippen LogP contribution >= 0.6 is 0 Å². The third-order valence-corrected chi connectivity index (χ3v) is 3.19. The van der Waals surface area contributed by atoms with E-state index in [1.165, 1.54) is 0 Å². The molecule has 1 aromatic carbocycles. The van der Waals surface area contributed by atoms with E-state index in [9.17, 15) is 4.79 Å². The quantitative estimate of drug-likeness (QED) is 0.868. The Morgan fingerprint density at radius 3 is 2.15 bits per heavy atom. The Morgan fingerprint density at radius 2 is 1.70 bits per heavy atom. The molecule has 0 aliphatic carbocycles. The van der Waals surface area contributed by atoms with Gasteiger partial charge in [0.05, 0.1) is 5.92 Å². The zero-order valence-electron chi connectivity index (χ0n) is 13.4. The van der Waals surface area contributed by atoms with Crippen LogP contribution in [0.5, 0.6) is 0 Å². The molecule has 0 saturated heterocycles. The summed E-state index contributed by atoms with van der Waals surface area (Å²) in [5.41, 5.74) is 6.69. The summed E-state index contributed by atoms with van der Waals surface area (Å²) in [7, 11) is 0. The van der Waals surface area contributed by atoms with E-state index in [-0.39, 0.29) is 22.8 Å². The molecule has 0 aromatic heterocycles. The summed E-state index contributed by atoms with van der Waals surface area (Å²) in [5.74, 6) is -0.275. The van der Waals surface area contributed by atoms with Crippen LogP contribution in [0.15, 0.2) is 30.3 Å². The lowest BCUT2D eigenvalue weighted by Crippen LogP contribution is -2.48. The second-order valence-corrected chi connectivity index (χ2v) is 7.31. The van der Waals surface area contributed by atoms with E-state index < -0.39 is 0 Å². The van der Waals surface area contributed by atoms with Crippen molar-refractivity contribution in [2.45, 2.75) is 52.5 Å². The fraction of sp³-hybridized carbons (Fsp3) is 0.588. The molecular weight excluding hydrogens is 248 g/mol. The van der Waals surface area contributed by atoms with Crippen molar-refractivity contribution in [3.8, 4) is 0 Å². The lowest BCUT2D eigenvalue weighted by molar-refractivity contribution is -0.124. The maximum Gasteiger partial charge on any atom is 0.229 e. The first-order valence-electron chi connectivity index (χ1n) is 7.22. The number of hydrogen-bond acceptors (Lipinski definition) is 2. The molecule has 0 aliphatic heterocycles. The Kier molecular flexibility index (Phi) is 5.35. The van der Waals surface area contributed by atoms with Gasteiger partial charge in [-0.2, -0.15) is 0 Å². The average molecular weight is 276 g/mol. The molecule has 1 aromatic rings. The fourth-order valence-corrected chi connectivity index (χ4v) is 2.87. The topological polar surface area (TPSA) is 55.1 Å². The van der Waals surface area contributed by atoms with Crippen molar-refractivity contribution < 1.29 is 4.79 Å². The summed E-state index contributed by atoms with van der Waals surface area (Å²) in [6, 6.07) is 9.72. The van der Waals surface area contributed by atoms with Crippen LogP contribution in [0.25, 0.3) is 0 Å². The third kappa shape index (κ3) is 5.33. The van der Waals surface area contributed by atoms with Crippen LogP contribution in [-0.4, -0.2) is 18.0 Å². The van der Waals surface area contributed by atoms with E-state index in [2.05, 4.69) is 39.9 Å². The smallest absolute Gasteiger partial charge is 0.229 e. The minimum absolute atomic E-state index is 0.00736. The van der Waals surface area contributed by atoms with Crippen molar-refractivity contribution in [1.29, 1.82) is 0 Å². The number of benzene rings is 1. The number of carbonyl (C=O) groups is 1. The number of rotatable bonds is 5. The predicted molar refractivity (Wildman–Crippen MR) is 84.5 cm³/mol. The van der Waals surface area contributed by atoms with Gasteiger partial charge in [-0.15, -0.1) is 0 Å². The zero-order chi connectivity index (χ0) is 15.4. The van der Waals surface area contributed by atoms with E-state index in [4.69, 9.17) is 5.73 Å². The van der Waals surface area contributed by atoms with Gasteiger partial charge in [-0.3, -0.25) is 4.79 Å². The molecular formula is C17H28N2O. The van der Waals surface area contributed by atoms with Crippen molar-refractivity contribution >= 4 is 5.91 Å². The van der Waals surface area contributed by atoms with Gasteiger partial charge in [0.1, 0.15) is 0 Å². The maximum absolute atomic E-state index is 12.5. The second-order valence-electron chi connectivity index (χ2n) is 7.31. The lowest BCUT2D eigenvalue weighted by atomic mass is 9.81. The summed E-state index contributed by atoms with van der Waals surface area (Å²) in [5, 5.41) is 3.14. The Hall–Kier alpha value is -1.35. The van der Waals surface area contributed by atoms with Gasteiger partial charge < -0.3 is 11.1 Å². The maximum atomic E-state index is 12.5. The first kappa shape index (κ1) is 16.7. The molecule has 0 radical (unpaired) electrons. The molecule has 3 N–H and O–H groups in total. The van der Waals surface area contributed by atoms with Crippen LogP contribution in [0.3, 0.4) is 0 Å². The van der Waals surface area contributed by atoms with Crippen molar-refractivity contribution in [2.24, 2.45) is 11.1 Å². The van der Waals surface area contributed by atoms with Gasteiger partial charge in [0, 0.05) is 12.1 Å². The fourth-order valence-electron chi connectivity index (χ4n) is 2.87. The highest BCUT2D eigenvalue weighted by Crippen LogP contribution is 2.27. The lowest BCUT2D eigenvalue weighted by Gasteiger charge is -2.34. The summed E-state index contributed by atoms with van der Waals surface area (Å²) < 4.78 is 0. The molecule has 0 spiro atoms. The molecule has 0 fully saturated rings. The number of nitrogens with two attached hydrogens (primary N) is 1. The molecule has 1 amide bonds. The van der Waals surface area contributed by atoms with Crippen molar-refractivity contribution in [3.63, 3.8) is 0 Å².